The fourth-order valence-electron chi connectivity index (χ4n) is 3.64. The Morgan fingerprint density at radius 1 is 1.07 bits per heavy atom. The molecule has 0 aliphatic carbocycles. The van der Waals surface area contributed by atoms with Gasteiger partial charge in [0.2, 0.25) is 0 Å². The maximum Gasteiger partial charge on any atom is 0.258 e. The Bertz CT molecular complexity index is 1430. The number of rotatable bonds is 4. The van der Waals surface area contributed by atoms with E-state index in [1.165, 1.54) is 12.1 Å². The number of aryl methyl sites for hydroxylation is 1. The topological polar surface area (TPSA) is 62.2 Å². The van der Waals surface area contributed by atoms with Crippen LogP contribution < -0.4 is 10.9 Å². The van der Waals surface area contributed by atoms with E-state index in [2.05, 4.69) is 10.3 Å². The zero-order valence-corrected chi connectivity index (χ0v) is 16.3. The van der Waals surface area contributed by atoms with Crippen LogP contribution in [0.2, 0.25) is 0 Å². The van der Waals surface area contributed by atoms with Gasteiger partial charge >= 0.3 is 0 Å². The molecule has 0 amide bonds. The highest BCUT2D eigenvalue weighted by Crippen LogP contribution is 2.29. The Labute approximate surface area is 171 Å². The molecule has 0 saturated heterocycles. The minimum atomic E-state index is -0.271. The van der Waals surface area contributed by atoms with Gasteiger partial charge < -0.3 is 10.3 Å². The first kappa shape index (κ1) is 18.1. The van der Waals surface area contributed by atoms with Gasteiger partial charge in [0.15, 0.2) is 0 Å². The lowest BCUT2D eigenvalue weighted by Gasteiger charge is -2.09. The lowest BCUT2D eigenvalue weighted by molar-refractivity contribution is 0.627. The molecular formula is C24H19FN4O. The molecule has 2 aromatic carbocycles. The summed E-state index contributed by atoms with van der Waals surface area (Å²) in [7, 11) is 0. The van der Waals surface area contributed by atoms with Gasteiger partial charge in [-0.1, -0.05) is 29.8 Å². The largest absolute Gasteiger partial charge is 0.365 e. The molecule has 0 atom stereocenters. The van der Waals surface area contributed by atoms with E-state index in [0.717, 1.165) is 27.7 Å². The standard InChI is InChI=1S/C24H19FN4O/c1-15-5-10-20-17(12-15)13-19(24(30)27-20)22-23(29-11-3-2-4-21(29)28-22)26-14-16-6-8-18(25)9-7-16/h2-13,26H,14H2,1H3,(H,27,30). The van der Waals surface area contributed by atoms with Crippen molar-refractivity contribution < 1.29 is 4.39 Å². The number of nitrogens with zero attached hydrogens (tertiary/aromatic N) is 2. The van der Waals surface area contributed by atoms with Crippen molar-refractivity contribution in [3.05, 3.63) is 100 Å². The van der Waals surface area contributed by atoms with Gasteiger partial charge in [0.1, 0.15) is 23.0 Å². The van der Waals surface area contributed by atoms with Crippen LogP contribution in [0, 0.1) is 12.7 Å². The molecule has 5 nitrogen and oxygen atoms in total. The number of hydrogen-bond acceptors (Lipinski definition) is 3. The summed E-state index contributed by atoms with van der Waals surface area (Å²) in [6.07, 6.45) is 1.90. The summed E-state index contributed by atoms with van der Waals surface area (Å²) in [4.78, 5) is 20.6. The molecule has 0 aliphatic rings. The predicted octanol–water partition coefficient (Wildman–Crippen LogP) is 4.90. The quantitative estimate of drug-likeness (QED) is 0.453. The summed E-state index contributed by atoms with van der Waals surface area (Å²) in [6.45, 7) is 2.49. The van der Waals surface area contributed by atoms with E-state index in [-0.39, 0.29) is 11.4 Å². The van der Waals surface area contributed by atoms with E-state index in [0.29, 0.717) is 23.6 Å². The van der Waals surface area contributed by atoms with E-state index >= 15 is 0 Å². The molecule has 5 aromatic rings. The molecule has 3 aromatic heterocycles. The maximum atomic E-state index is 13.2. The Balaban J connectivity index is 1.64. The molecule has 0 unspecified atom stereocenters. The molecule has 0 aliphatic heterocycles. The molecular weight excluding hydrogens is 379 g/mol. The molecule has 0 fully saturated rings. The van der Waals surface area contributed by atoms with Crippen molar-refractivity contribution in [1.82, 2.24) is 14.4 Å². The number of aromatic amines is 1. The van der Waals surface area contributed by atoms with Crippen LogP contribution >= 0.6 is 0 Å². The second-order valence-corrected chi connectivity index (χ2v) is 7.32. The van der Waals surface area contributed by atoms with Crippen LogP contribution in [0.4, 0.5) is 10.2 Å². The first-order valence-electron chi connectivity index (χ1n) is 9.68. The highest BCUT2D eigenvalue weighted by Gasteiger charge is 2.17. The molecule has 0 saturated carbocycles. The molecule has 2 N–H and O–H groups in total. The van der Waals surface area contributed by atoms with E-state index in [9.17, 15) is 9.18 Å². The number of benzene rings is 2. The summed E-state index contributed by atoms with van der Waals surface area (Å²) in [6, 6.07) is 19.8. The number of H-pyrrole nitrogens is 1. The highest BCUT2D eigenvalue weighted by atomic mass is 19.1. The van der Waals surface area contributed by atoms with Crippen molar-refractivity contribution in [1.29, 1.82) is 0 Å². The Hall–Kier alpha value is -3.93. The minimum Gasteiger partial charge on any atom is -0.365 e. The summed E-state index contributed by atoms with van der Waals surface area (Å²) < 4.78 is 15.1. The molecule has 148 valence electrons. The fraction of sp³-hybridized carbons (Fsp3) is 0.0833. The number of fused-ring (bicyclic) bond motifs is 2. The van der Waals surface area contributed by atoms with Gasteiger partial charge in [-0.2, -0.15) is 0 Å². The second kappa shape index (κ2) is 7.15. The SMILES string of the molecule is Cc1ccc2[nH]c(=O)c(-c3nc4ccccn4c3NCc3ccc(F)cc3)cc2c1. The average Bonchev–Trinajstić information content (AvgIpc) is 3.11. The van der Waals surface area contributed by atoms with Gasteiger partial charge in [0, 0.05) is 18.3 Å². The van der Waals surface area contributed by atoms with E-state index in [1.54, 1.807) is 12.1 Å². The van der Waals surface area contributed by atoms with Crippen LogP contribution in [0.5, 0.6) is 0 Å². The van der Waals surface area contributed by atoms with Crippen LogP contribution in [0.15, 0.2) is 77.7 Å². The van der Waals surface area contributed by atoms with E-state index in [4.69, 9.17) is 4.98 Å². The Kier molecular flexibility index (Phi) is 4.32. The lowest BCUT2D eigenvalue weighted by atomic mass is 10.1. The first-order chi connectivity index (χ1) is 14.6. The zero-order valence-electron chi connectivity index (χ0n) is 16.3. The number of halogens is 1. The molecule has 0 radical (unpaired) electrons. The minimum absolute atomic E-state index is 0.195. The van der Waals surface area contributed by atoms with Crippen LogP contribution in [-0.2, 0) is 6.54 Å². The van der Waals surface area contributed by atoms with Crippen LogP contribution in [0.1, 0.15) is 11.1 Å². The van der Waals surface area contributed by atoms with Crippen LogP contribution in [0.3, 0.4) is 0 Å². The molecule has 30 heavy (non-hydrogen) atoms. The Morgan fingerprint density at radius 2 is 1.90 bits per heavy atom. The lowest BCUT2D eigenvalue weighted by Crippen LogP contribution is -2.11. The number of pyridine rings is 2. The highest BCUT2D eigenvalue weighted by molar-refractivity contribution is 5.86. The summed E-state index contributed by atoms with van der Waals surface area (Å²) >= 11 is 0. The molecule has 5 rings (SSSR count). The average molecular weight is 398 g/mol. The monoisotopic (exact) mass is 398 g/mol. The summed E-state index contributed by atoms with van der Waals surface area (Å²) in [5.41, 5.74) is 4.45. The fourth-order valence-corrected chi connectivity index (χ4v) is 3.64. The molecule has 3 heterocycles. The molecule has 6 heteroatoms. The normalized spacial score (nSPS) is 11.3. The Morgan fingerprint density at radius 3 is 2.73 bits per heavy atom. The third kappa shape index (κ3) is 3.22. The van der Waals surface area contributed by atoms with Gasteiger partial charge in [-0.15, -0.1) is 0 Å². The van der Waals surface area contributed by atoms with Crippen LogP contribution in [0.25, 0.3) is 27.8 Å². The molecule has 0 bridgehead atoms. The van der Waals surface area contributed by atoms with Gasteiger partial charge in [0.25, 0.3) is 5.56 Å². The number of imidazole rings is 1. The van der Waals surface area contributed by atoms with Crippen molar-refractivity contribution in [3.63, 3.8) is 0 Å². The van der Waals surface area contributed by atoms with Gasteiger partial charge in [-0.05, 0) is 60.3 Å². The summed E-state index contributed by atoms with van der Waals surface area (Å²) in [5.74, 6) is 0.444. The number of hydrogen-bond donors (Lipinski definition) is 2. The third-order valence-corrected chi connectivity index (χ3v) is 5.16. The summed E-state index contributed by atoms with van der Waals surface area (Å²) in [5, 5.41) is 4.33. The number of nitrogens with one attached hydrogen (secondary N) is 2. The van der Waals surface area contributed by atoms with Crippen molar-refractivity contribution in [2.45, 2.75) is 13.5 Å². The maximum absolute atomic E-state index is 13.2. The smallest absolute Gasteiger partial charge is 0.258 e. The van der Waals surface area contributed by atoms with Crippen molar-refractivity contribution in [3.8, 4) is 11.3 Å². The van der Waals surface area contributed by atoms with Crippen molar-refractivity contribution in [2.75, 3.05) is 5.32 Å². The van der Waals surface area contributed by atoms with Crippen LogP contribution in [-0.4, -0.2) is 14.4 Å². The predicted molar refractivity (Wildman–Crippen MR) is 117 cm³/mol. The van der Waals surface area contributed by atoms with Gasteiger partial charge in [-0.25, -0.2) is 9.37 Å². The third-order valence-electron chi connectivity index (χ3n) is 5.16. The van der Waals surface area contributed by atoms with E-state index < -0.39 is 0 Å². The number of aromatic nitrogens is 3. The number of anilines is 1. The van der Waals surface area contributed by atoms with Crippen molar-refractivity contribution >= 4 is 22.4 Å². The second-order valence-electron chi connectivity index (χ2n) is 7.32. The van der Waals surface area contributed by atoms with Crippen molar-refractivity contribution in [2.24, 2.45) is 0 Å². The van der Waals surface area contributed by atoms with Gasteiger partial charge in [0.05, 0.1) is 5.56 Å². The van der Waals surface area contributed by atoms with Gasteiger partial charge in [-0.3, -0.25) is 9.20 Å². The first-order valence-corrected chi connectivity index (χ1v) is 9.68. The zero-order chi connectivity index (χ0) is 20.7. The molecule has 0 spiro atoms. The van der Waals surface area contributed by atoms with E-state index in [1.807, 2.05) is 60.0 Å².